The molecule has 1 aliphatic heterocycles. The van der Waals surface area contributed by atoms with Crippen molar-refractivity contribution in [1.82, 2.24) is 0 Å². The lowest BCUT2D eigenvalue weighted by atomic mass is 9.88. The van der Waals surface area contributed by atoms with E-state index in [0.717, 1.165) is 28.9 Å². The molecule has 0 aromatic heterocycles. The zero-order valence-corrected chi connectivity index (χ0v) is 17.5. The van der Waals surface area contributed by atoms with Gasteiger partial charge < -0.3 is 10.2 Å². The summed E-state index contributed by atoms with van der Waals surface area (Å²) < 4.78 is 0. The van der Waals surface area contributed by atoms with Gasteiger partial charge in [0.1, 0.15) is 0 Å². The maximum absolute atomic E-state index is 12.4. The van der Waals surface area contributed by atoms with Crippen LogP contribution in [0.5, 0.6) is 0 Å². The molecule has 3 aromatic rings. The largest absolute Gasteiger partial charge is 0.378 e. The number of anilines is 2. The molecule has 2 atom stereocenters. The lowest BCUT2D eigenvalue weighted by Gasteiger charge is -2.39. The fourth-order valence-corrected chi connectivity index (χ4v) is 4.32. The minimum atomic E-state index is 0.0620. The average molecular weight is 396 g/mol. The molecule has 4 heteroatoms. The Kier molecular flexibility index (Phi) is 5.29. The van der Waals surface area contributed by atoms with Crippen molar-refractivity contribution >= 4 is 23.0 Å². The monoisotopic (exact) mass is 395 g/mol. The van der Waals surface area contributed by atoms with Crippen molar-refractivity contribution in [2.45, 2.75) is 39.3 Å². The Bertz CT molecular complexity index is 1130. The van der Waals surface area contributed by atoms with E-state index >= 15 is 0 Å². The number of carbonyl (C=O) groups is 1. The molecule has 0 fully saturated rings. The van der Waals surface area contributed by atoms with Gasteiger partial charge in [-0.15, -0.1) is 0 Å². The molecule has 0 spiro atoms. The highest BCUT2D eigenvalue weighted by atomic mass is 16.2. The lowest BCUT2D eigenvalue weighted by Crippen LogP contribution is -2.43. The summed E-state index contributed by atoms with van der Waals surface area (Å²) in [6.07, 6.45) is 0.814. The SMILES string of the molecule is [C-]#[N+]c1ccc(N[C@@H]2C[C@H](C)N(C(C)=O)c3ccc(-c4cccc(C)c4)cc32)cc1. The van der Waals surface area contributed by atoms with Gasteiger partial charge in [0, 0.05) is 24.3 Å². The Morgan fingerprint density at radius 2 is 1.80 bits per heavy atom. The van der Waals surface area contributed by atoms with Gasteiger partial charge in [-0.25, -0.2) is 4.85 Å². The van der Waals surface area contributed by atoms with Gasteiger partial charge in [0.05, 0.1) is 12.6 Å². The van der Waals surface area contributed by atoms with E-state index in [1.165, 1.54) is 11.1 Å². The van der Waals surface area contributed by atoms with E-state index < -0.39 is 0 Å². The van der Waals surface area contributed by atoms with Crippen LogP contribution in [0.25, 0.3) is 16.0 Å². The van der Waals surface area contributed by atoms with Crippen LogP contribution in [0.2, 0.25) is 0 Å². The van der Waals surface area contributed by atoms with E-state index in [4.69, 9.17) is 6.57 Å². The average Bonchev–Trinajstić information content (AvgIpc) is 2.74. The number of carbonyl (C=O) groups excluding carboxylic acids is 1. The van der Waals surface area contributed by atoms with E-state index in [9.17, 15) is 4.79 Å². The molecule has 1 N–H and O–H groups in total. The highest BCUT2D eigenvalue weighted by Crippen LogP contribution is 2.41. The first kappa shape index (κ1) is 19.7. The number of fused-ring (bicyclic) bond motifs is 1. The zero-order valence-electron chi connectivity index (χ0n) is 17.5. The Morgan fingerprint density at radius 1 is 1.07 bits per heavy atom. The molecule has 0 saturated heterocycles. The Labute approximate surface area is 178 Å². The Hall–Kier alpha value is -3.58. The zero-order chi connectivity index (χ0) is 21.3. The van der Waals surface area contributed by atoms with Crippen LogP contribution in [-0.4, -0.2) is 11.9 Å². The summed E-state index contributed by atoms with van der Waals surface area (Å²) in [6, 6.07) is 22.6. The maximum atomic E-state index is 12.4. The van der Waals surface area contributed by atoms with Crippen molar-refractivity contribution in [2.24, 2.45) is 0 Å². The fraction of sp³-hybridized carbons (Fsp3) is 0.231. The molecule has 3 aromatic carbocycles. The van der Waals surface area contributed by atoms with Crippen LogP contribution in [0, 0.1) is 13.5 Å². The van der Waals surface area contributed by atoms with Gasteiger partial charge >= 0.3 is 0 Å². The van der Waals surface area contributed by atoms with Gasteiger partial charge in [0.2, 0.25) is 5.91 Å². The Morgan fingerprint density at radius 3 is 2.47 bits per heavy atom. The molecule has 0 unspecified atom stereocenters. The van der Waals surface area contributed by atoms with Crippen molar-refractivity contribution in [2.75, 3.05) is 10.2 Å². The molecule has 30 heavy (non-hydrogen) atoms. The van der Waals surface area contributed by atoms with Crippen LogP contribution in [0.15, 0.2) is 66.7 Å². The summed E-state index contributed by atoms with van der Waals surface area (Å²) in [5.74, 6) is 0.0620. The van der Waals surface area contributed by atoms with Crippen molar-refractivity contribution < 1.29 is 4.79 Å². The standard InChI is InChI=1S/C26H25N3O/c1-17-6-5-7-20(14-17)21-8-13-26-24(16-21)25(15-18(2)29(26)19(3)30)28-23-11-9-22(27-4)10-12-23/h5-14,16,18,25,28H,15H2,1-3H3/t18-,25+/m0/s1. The number of benzene rings is 3. The van der Waals surface area contributed by atoms with Gasteiger partial charge in [0.15, 0.2) is 5.69 Å². The van der Waals surface area contributed by atoms with Gasteiger partial charge in [-0.2, -0.15) is 0 Å². The second-order valence-corrected chi connectivity index (χ2v) is 7.97. The summed E-state index contributed by atoms with van der Waals surface area (Å²) >= 11 is 0. The van der Waals surface area contributed by atoms with Crippen LogP contribution in [0.4, 0.5) is 17.1 Å². The van der Waals surface area contributed by atoms with Crippen molar-refractivity contribution in [3.05, 3.63) is 89.3 Å². The first-order valence-corrected chi connectivity index (χ1v) is 10.2. The predicted molar refractivity (Wildman–Crippen MR) is 123 cm³/mol. The number of amides is 1. The van der Waals surface area contributed by atoms with Gasteiger partial charge in [0.25, 0.3) is 0 Å². The molecule has 4 nitrogen and oxygen atoms in total. The third-order valence-electron chi connectivity index (χ3n) is 5.71. The van der Waals surface area contributed by atoms with Crippen molar-refractivity contribution in [1.29, 1.82) is 0 Å². The lowest BCUT2D eigenvalue weighted by molar-refractivity contribution is -0.117. The van der Waals surface area contributed by atoms with Crippen LogP contribution >= 0.6 is 0 Å². The summed E-state index contributed by atoms with van der Waals surface area (Å²) in [6.45, 7) is 13.0. The van der Waals surface area contributed by atoms with E-state index in [1.807, 2.05) is 29.2 Å². The maximum Gasteiger partial charge on any atom is 0.224 e. The molecular formula is C26H25N3O. The molecule has 1 amide bonds. The fourth-order valence-electron chi connectivity index (χ4n) is 4.32. The van der Waals surface area contributed by atoms with Gasteiger partial charge in [-0.05, 0) is 61.2 Å². The molecule has 4 rings (SSSR count). The molecule has 0 saturated carbocycles. The number of rotatable bonds is 3. The summed E-state index contributed by atoms with van der Waals surface area (Å²) in [5, 5.41) is 3.63. The van der Waals surface area contributed by atoms with Crippen LogP contribution < -0.4 is 10.2 Å². The van der Waals surface area contributed by atoms with Crippen LogP contribution in [0.3, 0.4) is 0 Å². The minimum Gasteiger partial charge on any atom is -0.378 e. The molecule has 0 bridgehead atoms. The number of aryl methyl sites for hydroxylation is 1. The van der Waals surface area contributed by atoms with E-state index in [0.29, 0.717) is 5.69 Å². The second kappa shape index (κ2) is 8.04. The highest BCUT2D eigenvalue weighted by molar-refractivity contribution is 5.94. The summed E-state index contributed by atoms with van der Waals surface area (Å²) in [4.78, 5) is 17.7. The third kappa shape index (κ3) is 3.79. The topological polar surface area (TPSA) is 36.7 Å². The number of nitrogens with zero attached hydrogens (tertiary/aromatic N) is 2. The van der Waals surface area contributed by atoms with E-state index in [2.05, 4.69) is 66.5 Å². The molecule has 1 aliphatic rings. The smallest absolute Gasteiger partial charge is 0.224 e. The number of nitrogens with one attached hydrogen (secondary N) is 1. The van der Waals surface area contributed by atoms with Crippen LogP contribution in [-0.2, 0) is 4.79 Å². The second-order valence-electron chi connectivity index (χ2n) is 7.97. The molecule has 1 heterocycles. The highest BCUT2D eigenvalue weighted by Gasteiger charge is 2.32. The number of hydrogen-bond donors (Lipinski definition) is 1. The van der Waals surface area contributed by atoms with Gasteiger partial charge in [-0.1, -0.05) is 48.0 Å². The predicted octanol–water partition coefficient (Wildman–Crippen LogP) is 6.51. The van der Waals surface area contributed by atoms with E-state index in [-0.39, 0.29) is 18.0 Å². The van der Waals surface area contributed by atoms with Crippen LogP contribution in [0.1, 0.15) is 37.4 Å². The third-order valence-corrected chi connectivity index (χ3v) is 5.71. The molecule has 0 radical (unpaired) electrons. The van der Waals surface area contributed by atoms with Crippen molar-refractivity contribution in [3.63, 3.8) is 0 Å². The van der Waals surface area contributed by atoms with Gasteiger partial charge in [-0.3, -0.25) is 4.79 Å². The first-order valence-electron chi connectivity index (χ1n) is 10.2. The molecular weight excluding hydrogens is 370 g/mol. The van der Waals surface area contributed by atoms with Crippen molar-refractivity contribution in [3.8, 4) is 11.1 Å². The molecule has 150 valence electrons. The van der Waals surface area contributed by atoms with E-state index in [1.54, 1.807) is 6.92 Å². The summed E-state index contributed by atoms with van der Waals surface area (Å²) in [5.41, 5.74) is 7.23. The number of hydrogen-bond acceptors (Lipinski definition) is 2. The minimum absolute atomic E-state index is 0.0620. The first-order chi connectivity index (χ1) is 14.5. The Balaban J connectivity index is 1.76. The molecule has 0 aliphatic carbocycles. The normalized spacial score (nSPS) is 17.7. The quantitative estimate of drug-likeness (QED) is 0.513. The summed E-state index contributed by atoms with van der Waals surface area (Å²) in [7, 11) is 0.